The molecule has 2 rings (SSSR count). The summed E-state index contributed by atoms with van der Waals surface area (Å²) < 4.78 is 0. The van der Waals surface area contributed by atoms with Gasteiger partial charge < -0.3 is 5.73 Å². The molecular weight excluding hydrogens is 228 g/mol. The van der Waals surface area contributed by atoms with Gasteiger partial charge in [-0.25, -0.2) is 0 Å². The number of amides is 1. The molecule has 1 atom stereocenters. The van der Waals surface area contributed by atoms with Crippen LogP contribution in [0.4, 0.5) is 5.69 Å². The largest absolute Gasteiger partial charge is 0.364 e. The number of carbonyl (C=O) groups is 1. The fourth-order valence-corrected chi connectivity index (χ4v) is 1.78. The zero-order valence-electron chi connectivity index (χ0n) is 8.67. The Morgan fingerprint density at radius 2 is 2.38 bits per heavy atom. The van der Waals surface area contributed by atoms with Gasteiger partial charge in [-0.3, -0.25) is 14.8 Å². The molecule has 0 unspecified atom stereocenters. The molecule has 1 aliphatic rings. The second-order valence-corrected chi connectivity index (χ2v) is 3.83. The molecule has 0 fully saturated rings. The second-order valence-electron chi connectivity index (χ2n) is 3.39. The van der Waals surface area contributed by atoms with Gasteiger partial charge >= 0.3 is 0 Å². The second kappa shape index (κ2) is 4.11. The number of primary amides is 1. The van der Waals surface area contributed by atoms with E-state index in [1.165, 1.54) is 0 Å². The van der Waals surface area contributed by atoms with Crippen LogP contribution in [0.5, 0.6) is 0 Å². The molecule has 6 heteroatoms. The van der Waals surface area contributed by atoms with E-state index in [0.29, 0.717) is 5.70 Å². The number of alkyl halides is 1. The molecule has 1 amide bonds. The minimum atomic E-state index is -0.515. The molecule has 0 spiro atoms. The number of carbonyl (C=O) groups excluding carboxylic acids is 1. The summed E-state index contributed by atoms with van der Waals surface area (Å²) in [6.07, 6.45) is 4.91. The van der Waals surface area contributed by atoms with Crippen LogP contribution >= 0.6 is 11.6 Å². The number of nitrogens with two attached hydrogens (primary N) is 1. The molecule has 0 saturated carbocycles. The predicted octanol–water partition coefficient (Wildman–Crippen LogP) is 0.682. The zero-order valence-corrected chi connectivity index (χ0v) is 9.43. The minimum Gasteiger partial charge on any atom is -0.364 e. The number of hydrogen-bond acceptors (Lipinski definition) is 4. The molecule has 1 aromatic heterocycles. The number of hydrazine groups is 1. The number of hydrogen-bond donors (Lipinski definition) is 1. The normalized spacial score (nSPS) is 21.0. The van der Waals surface area contributed by atoms with E-state index in [0.717, 1.165) is 5.69 Å². The van der Waals surface area contributed by atoms with Crippen molar-refractivity contribution in [3.8, 4) is 0 Å². The highest BCUT2D eigenvalue weighted by molar-refractivity contribution is 6.22. The number of anilines is 1. The third-order valence-corrected chi connectivity index (χ3v) is 2.75. The highest BCUT2D eigenvalue weighted by Gasteiger charge is 2.31. The standard InChI is InChI=1S/C10H11ClN4O/c1-14-9(11)5-8(10(12)16)15(14)7-3-2-4-13-6-7/h2-6,9H,1H3,(H2,12,16)/t9-/m1/s1. The summed E-state index contributed by atoms with van der Waals surface area (Å²) in [4.78, 5) is 15.3. The van der Waals surface area contributed by atoms with Crippen LogP contribution in [0.3, 0.4) is 0 Å². The van der Waals surface area contributed by atoms with Gasteiger partial charge in [-0.15, -0.1) is 0 Å². The first-order valence-electron chi connectivity index (χ1n) is 4.70. The Balaban J connectivity index is 2.40. The molecule has 84 valence electrons. The lowest BCUT2D eigenvalue weighted by Gasteiger charge is -2.29. The first kappa shape index (κ1) is 10.9. The van der Waals surface area contributed by atoms with E-state index in [1.54, 1.807) is 41.6 Å². The van der Waals surface area contributed by atoms with Crippen LogP contribution < -0.4 is 10.7 Å². The average Bonchev–Trinajstić information content (AvgIpc) is 2.57. The van der Waals surface area contributed by atoms with Gasteiger partial charge in [-0.1, -0.05) is 11.6 Å². The Bertz CT molecular complexity index is 434. The number of nitrogens with zero attached hydrogens (tertiary/aromatic N) is 3. The summed E-state index contributed by atoms with van der Waals surface area (Å²) >= 11 is 6.03. The first-order valence-corrected chi connectivity index (χ1v) is 5.13. The van der Waals surface area contributed by atoms with Crippen LogP contribution in [0.2, 0.25) is 0 Å². The van der Waals surface area contributed by atoms with E-state index in [9.17, 15) is 4.79 Å². The SMILES string of the molecule is CN1[C@@H](Cl)C=C(C(N)=O)N1c1cccnc1. The van der Waals surface area contributed by atoms with Gasteiger partial charge in [0.1, 0.15) is 11.2 Å². The minimum absolute atomic E-state index is 0.357. The summed E-state index contributed by atoms with van der Waals surface area (Å²) in [5, 5.41) is 3.35. The molecule has 0 saturated heterocycles. The molecule has 0 bridgehead atoms. The van der Waals surface area contributed by atoms with Crippen LogP contribution in [-0.2, 0) is 4.79 Å². The van der Waals surface area contributed by atoms with Crippen molar-refractivity contribution < 1.29 is 4.79 Å². The summed E-state index contributed by atoms with van der Waals surface area (Å²) in [7, 11) is 1.77. The van der Waals surface area contributed by atoms with Gasteiger partial charge in [0, 0.05) is 13.2 Å². The van der Waals surface area contributed by atoms with E-state index >= 15 is 0 Å². The van der Waals surface area contributed by atoms with Crippen molar-refractivity contribution in [3.63, 3.8) is 0 Å². The fourth-order valence-electron chi connectivity index (χ4n) is 1.58. The lowest BCUT2D eigenvalue weighted by atomic mass is 10.3. The number of halogens is 1. The van der Waals surface area contributed by atoms with Crippen LogP contribution in [0, 0.1) is 0 Å². The molecule has 5 nitrogen and oxygen atoms in total. The van der Waals surface area contributed by atoms with Gasteiger partial charge in [0.25, 0.3) is 5.91 Å². The van der Waals surface area contributed by atoms with Crippen molar-refractivity contribution in [2.75, 3.05) is 12.1 Å². The topological polar surface area (TPSA) is 62.5 Å². The van der Waals surface area contributed by atoms with Crippen molar-refractivity contribution in [3.05, 3.63) is 36.3 Å². The number of pyridine rings is 1. The van der Waals surface area contributed by atoms with E-state index in [2.05, 4.69) is 4.98 Å². The molecule has 1 aromatic rings. The maximum atomic E-state index is 11.3. The first-order chi connectivity index (χ1) is 7.61. The smallest absolute Gasteiger partial charge is 0.266 e. The Hall–Kier alpha value is -1.59. The molecule has 2 N–H and O–H groups in total. The maximum Gasteiger partial charge on any atom is 0.266 e. The third-order valence-electron chi connectivity index (χ3n) is 2.34. The van der Waals surface area contributed by atoms with E-state index in [4.69, 9.17) is 17.3 Å². The van der Waals surface area contributed by atoms with Crippen molar-refractivity contribution in [1.82, 2.24) is 9.99 Å². The molecule has 1 aliphatic heterocycles. The van der Waals surface area contributed by atoms with Gasteiger partial charge in [0.2, 0.25) is 0 Å². The Morgan fingerprint density at radius 3 is 2.94 bits per heavy atom. The van der Waals surface area contributed by atoms with Crippen LogP contribution in [0.25, 0.3) is 0 Å². The highest BCUT2D eigenvalue weighted by Crippen LogP contribution is 2.28. The summed E-state index contributed by atoms with van der Waals surface area (Å²) in [5.74, 6) is -0.515. The van der Waals surface area contributed by atoms with E-state index in [1.807, 2.05) is 6.07 Å². The monoisotopic (exact) mass is 238 g/mol. The van der Waals surface area contributed by atoms with Crippen molar-refractivity contribution in [1.29, 1.82) is 0 Å². The Labute approximate surface area is 98.1 Å². The molecule has 0 aromatic carbocycles. The Kier molecular flexibility index (Phi) is 2.80. The van der Waals surface area contributed by atoms with Gasteiger partial charge in [0.15, 0.2) is 0 Å². The van der Waals surface area contributed by atoms with Crippen molar-refractivity contribution in [2.24, 2.45) is 5.73 Å². The molecule has 0 radical (unpaired) electrons. The quantitative estimate of drug-likeness (QED) is 0.608. The Morgan fingerprint density at radius 1 is 1.62 bits per heavy atom. The highest BCUT2D eigenvalue weighted by atomic mass is 35.5. The third kappa shape index (κ3) is 1.75. The maximum absolute atomic E-state index is 11.3. The molecule has 16 heavy (non-hydrogen) atoms. The van der Waals surface area contributed by atoms with Crippen LogP contribution in [0.15, 0.2) is 36.3 Å². The summed E-state index contributed by atoms with van der Waals surface area (Å²) in [6.45, 7) is 0. The lowest BCUT2D eigenvalue weighted by Crippen LogP contribution is -2.40. The van der Waals surface area contributed by atoms with E-state index in [-0.39, 0.29) is 5.50 Å². The fraction of sp³-hybridized carbons (Fsp3) is 0.200. The number of likely N-dealkylation sites (N-methyl/N-ethyl adjacent to an activating group) is 1. The summed E-state index contributed by atoms with van der Waals surface area (Å²) in [5.41, 5.74) is 6.01. The van der Waals surface area contributed by atoms with Gasteiger partial charge in [-0.05, 0) is 18.2 Å². The molecular formula is C10H11ClN4O. The van der Waals surface area contributed by atoms with Crippen molar-refractivity contribution in [2.45, 2.75) is 5.50 Å². The lowest BCUT2D eigenvalue weighted by molar-refractivity contribution is -0.114. The van der Waals surface area contributed by atoms with Gasteiger partial charge in [-0.2, -0.15) is 5.01 Å². The van der Waals surface area contributed by atoms with Gasteiger partial charge in [0.05, 0.1) is 11.9 Å². The predicted molar refractivity (Wildman–Crippen MR) is 61.4 cm³/mol. The van der Waals surface area contributed by atoms with Crippen molar-refractivity contribution >= 4 is 23.2 Å². The molecule has 0 aliphatic carbocycles. The average molecular weight is 239 g/mol. The van der Waals surface area contributed by atoms with Crippen LogP contribution in [0.1, 0.15) is 0 Å². The number of rotatable bonds is 2. The summed E-state index contributed by atoms with van der Waals surface area (Å²) in [6, 6.07) is 3.61. The van der Waals surface area contributed by atoms with E-state index < -0.39 is 5.91 Å². The van der Waals surface area contributed by atoms with Crippen LogP contribution in [-0.4, -0.2) is 28.4 Å². The zero-order chi connectivity index (χ0) is 11.7. The number of aromatic nitrogens is 1. The molecule has 2 heterocycles.